The van der Waals surface area contributed by atoms with Gasteiger partial charge in [0.2, 0.25) is 0 Å². The highest BCUT2D eigenvalue weighted by atomic mass is 15.1. The van der Waals surface area contributed by atoms with Gasteiger partial charge in [-0.25, -0.2) is 0 Å². The van der Waals surface area contributed by atoms with Gasteiger partial charge in [-0.15, -0.1) is 0 Å². The molecule has 4 aromatic rings. The summed E-state index contributed by atoms with van der Waals surface area (Å²) in [5.74, 6) is 1.11. The number of hydrogen-bond donors (Lipinski definition) is 2. The van der Waals surface area contributed by atoms with Crippen molar-refractivity contribution >= 4 is 21.8 Å². The van der Waals surface area contributed by atoms with Crippen LogP contribution in [0.4, 0.5) is 0 Å². The Morgan fingerprint density at radius 1 is 0.893 bits per heavy atom. The van der Waals surface area contributed by atoms with Crippen molar-refractivity contribution in [1.82, 2.24) is 20.4 Å². The zero-order valence-electron chi connectivity index (χ0n) is 18.1. The lowest BCUT2D eigenvalue weighted by Crippen LogP contribution is -1.95. The van der Waals surface area contributed by atoms with Crippen molar-refractivity contribution < 1.29 is 0 Å². The van der Waals surface area contributed by atoms with Crippen molar-refractivity contribution in [3.63, 3.8) is 0 Å². The van der Waals surface area contributed by atoms with Gasteiger partial charge in [0, 0.05) is 16.5 Å². The smallest absolute Gasteiger partial charge is 0.0926 e. The van der Waals surface area contributed by atoms with Crippen molar-refractivity contribution in [3.05, 3.63) is 58.4 Å². The minimum absolute atomic E-state index is 0.551. The Bertz CT molecular complexity index is 1080. The summed E-state index contributed by atoms with van der Waals surface area (Å²) < 4.78 is 0. The van der Waals surface area contributed by atoms with Crippen LogP contribution in [0.5, 0.6) is 0 Å². The number of rotatable bonds is 3. The van der Waals surface area contributed by atoms with E-state index in [9.17, 15) is 0 Å². The molecule has 0 bridgehead atoms. The third-order valence-electron chi connectivity index (χ3n) is 5.45. The summed E-state index contributed by atoms with van der Waals surface area (Å²) >= 11 is 0. The molecule has 0 atom stereocenters. The van der Waals surface area contributed by atoms with Gasteiger partial charge in [0.1, 0.15) is 0 Å². The number of H-pyrrole nitrogens is 2. The fourth-order valence-electron chi connectivity index (χ4n) is 4.22. The van der Waals surface area contributed by atoms with Crippen LogP contribution in [-0.4, -0.2) is 20.4 Å². The molecule has 0 aliphatic carbocycles. The molecule has 148 valence electrons. The third-order valence-corrected chi connectivity index (χ3v) is 5.45. The number of hydrogen-bond acceptors (Lipinski definition) is 2. The zero-order chi connectivity index (χ0) is 20.4. The van der Waals surface area contributed by atoms with E-state index >= 15 is 0 Å². The van der Waals surface area contributed by atoms with E-state index in [1.54, 1.807) is 0 Å². The van der Waals surface area contributed by atoms with Gasteiger partial charge in [0.25, 0.3) is 0 Å². The molecule has 4 rings (SSSR count). The molecular formula is C24H32N4. The predicted molar refractivity (Wildman–Crippen MR) is 119 cm³/mol. The number of aryl methyl sites for hydroxylation is 3. The minimum atomic E-state index is 0.551. The van der Waals surface area contributed by atoms with Crippen molar-refractivity contribution in [2.24, 2.45) is 0 Å². The highest BCUT2D eigenvalue weighted by Gasteiger charge is 2.12. The third kappa shape index (κ3) is 3.68. The Labute approximate surface area is 167 Å². The molecule has 0 spiro atoms. The summed E-state index contributed by atoms with van der Waals surface area (Å²) in [7, 11) is 0. The number of nitrogens with zero attached hydrogens (tertiary/aromatic N) is 2. The summed E-state index contributed by atoms with van der Waals surface area (Å²) in [4.78, 5) is 0. The van der Waals surface area contributed by atoms with Gasteiger partial charge in [0.05, 0.1) is 17.2 Å². The van der Waals surface area contributed by atoms with Crippen molar-refractivity contribution in [2.45, 2.75) is 66.7 Å². The highest BCUT2D eigenvalue weighted by Crippen LogP contribution is 2.30. The molecule has 0 saturated carbocycles. The van der Waals surface area contributed by atoms with Gasteiger partial charge in [-0.1, -0.05) is 46.8 Å². The standard InChI is InChI=1S/2C12H16N2/c1-7(2)11-8(3)5-6-10-12(11)9(4)13-14-10;1-4-9-5-6-11-10(7-13-14-11)12(9)8(2)3/h5-7H,1-4H3,(H,13,14);5-8H,4H2,1-3H3,(H,13,14). The normalized spacial score (nSPS) is 11.5. The van der Waals surface area contributed by atoms with Crippen molar-refractivity contribution in [3.8, 4) is 0 Å². The maximum atomic E-state index is 4.28. The van der Waals surface area contributed by atoms with Crippen LogP contribution in [0.25, 0.3) is 21.8 Å². The Morgan fingerprint density at radius 3 is 2.25 bits per heavy atom. The van der Waals surface area contributed by atoms with Crippen LogP contribution in [-0.2, 0) is 6.42 Å². The highest BCUT2D eigenvalue weighted by molar-refractivity contribution is 5.86. The monoisotopic (exact) mass is 376 g/mol. The molecule has 0 radical (unpaired) electrons. The average Bonchev–Trinajstić information content (AvgIpc) is 3.27. The van der Waals surface area contributed by atoms with E-state index in [0.717, 1.165) is 17.5 Å². The first-order chi connectivity index (χ1) is 13.3. The molecule has 4 nitrogen and oxygen atoms in total. The van der Waals surface area contributed by atoms with Gasteiger partial charge in [-0.2, -0.15) is 10.2 Å². The Hall–Kier alpha value is -2.62. The quantitative estimate of drug-likeness (QED) is 0.426. The summed E-state index contributed by atoms with van der Waals surface area (Å²) in [5.41, 5.74) is 9.06. The van der Waals surface area contributed by atoms with Crippen LogP contribution in [0, 0.1) is 13.8 Å². The second-order valence-corrected chi connectivity index (χ2v) is 8.17. The summed E-state index contributed by atoms with van der Waals surface area (Å²) in [6.45, 7) is 15.4. The van der Waals surface area contributed by atoms with Gasteiger partial charge >= 0.3 is 0 Å². The van der Waals surface area contributed by atoms with E-state index in [0.29, 0.717) is 11.8 Å². The van der Waals surface area contributed by atoms with E-state index < -0.39 is 0 Å². The SMILES string of the molecule is CCc1ccc2[nH]ncc2c1C(C)C.Cc1ccc2n[nH]c(C)c2c1C(C)C. The fourth-order valence-corrected chi connectivity index (χ4v) is 4.22. The second-order valence-electron chi connectivity index (χ2n) is 8.17. The number of benzene rings is 2. The summed E-state index contributed by atoms with van der Waals surface area (Å²) in [6, 6.07) is 8.56. The molecule has 0 aliphatic heterocycles. The number of nitrogens with one attached hydrogen (secondary N) is 2. The van der Waals surface area contributed by atoms with E-state index in [2.05, 4.69) is 93.1 Å². The van der Waals surface area contributed by atoms with E-state index in [1.165, 1.54) is 38.7 Å². The lowest BCUT2D eigenvalue weighted by Gasteiger charge is -2.12. The molecule has 0 fully saturated rings. The first kappa shape index (κ1) is 20.1. The van der Waals surface area contributed by atoms with E-state index in [-0.39, 0.29) is 0 Å². The number of aromatic amines is 2. The molecule has 2 heterocycles. The molecule has 2 aromatic carbocycles. The summed E-state index contributed by atoms with van der Waals surface area (Å²) in [6.07, 6.45) is 3.03. The van der Waals surface area contributed by atoms with E-state index in [4.69, 9.17) is 0 Å². The number of fused-ring (bicyclic) bond motifs is 2. The summed E-state index contributed by atoms with van der Waals surface area (Å²) in [5, 5.41) is 17.0. The first-order valence-electron chi connectivity index (χ1n) is 10.2. The van der Waals surface area contributed by atoms with Crippen molar-refractivity contribution in [1.29, 1.82) is 0 Å². The van der Waals surface area contributed by atoms with Crippen LogP contribution in [0.2, 0.25) is 0 Å². The lowest BCUT2D eigenvalue weighted by molar-refractivity contribution is 0.855. The molecule has 0 aliphatic rings. The Balaban J connectivity index is 0.000000161. The largest absolute Gasteiger partial charge is 0.282 e. The van der Waals surface area contributed by atoms with Crippen molar-refractivity contribution in [2.75, 3.05) is 0 Å². The van der Waals surface area contributed by atoms with Gasteiger partial charge in [-0.05, 0) is 66.5 Å². The lowest BCUT2D eigenvalue weighted by atomic mass is 9.92. The molecule has 0 unspecified atom stereocenters. The second kappa shape index (κ2) is 8.17. The van der Waals surface area contributed by atoms with Gasteiger partial charge in [-0.3, -0.25) is 10.2 Å². The molecule has 0 amide bonds. The number of aromatic nitrogens is 4. The fraction of sp³-hybridized carbons (Fsp3) is 0.417. The van der Waals surface area contributed by atoms with Crippen LogP contribution in [0.15, 0.2) is 30.5 Å². The van der Waals surface area contributed by atoms with Gasteiger partial charge in [0.15, 0.2) is 0 Å². The van der Waals surface area contributed by atoms with E-state index in [1.807, 2.05) is 6.20 Å². The molecular weight excluding hydrogens is 344 g/mol. The van der Waals surface area contributed by atoms with Crippen LogP contribution in [0.1, 0.15) is 74.4 Å². The molecule has 0 saturated heterocycles. The van der Waals surface area contributed by atoms with Crippen LogP contribution < -0.4 is 0 Å². The Kier molecular flexibility index (Phi) is 5.87. The average molecular weight is 377 g/mol. The maximum absolute atomic E-state index is 4.28. The molecule has 4 heteroatoms. The van der Waals surface area contributed by atoms with Crippen LogP contribution >= 0.6 is 0 Å². The molecule has 28 heavy (non-hydrogen) atoms. The molecule has 2 N–H and O–H groups in total. The van der Waals surface area contributed by atoms with Gasteiger partial charge < -0.3 is 0 Å². The zero-order valence-corrected chi connectivity index (χ0v) is 18.1. The predicted octanol–water partition coefficient (Wildman–Crippen LogP) is 6.55. The topological polar surface area (TPSA) is 57.4 Å². The maximum Gasteiger partial charge on any atom is 0.0926 e. The molecule has 2 aromatic heterocycles. The van der Waals surface area contributed by atoms with Crippen LogP contribution in [0.3, 0.4) is 0 Å². The first-order valence-corrected chi connectivity index (χ1v) is 10.2. The Morgan fingerprint density at radius 2 is 1.61 bits per heavy atom. The minimum Gasteiger partial charge on any atom is -0.282 e.